The number of carbonyl (C=O) groups excluding carboxylic acids is 1. The van der Waals surface area contributed by atoms with Crippen molar-refractivity contribution in [2.75, 3.05) is 0 Å². The molecule has 0 radical (unpaired) electrons. The van der Waals surface area contributed by atoms with Crippen LogP contribution in [0.4, 0.5) is 0 Å². The molecule has 1 aliphatic rings. The van der Waals surface area contributed by atoms with Crippen LogP contribution in [0.5, 0.6) is 0 Å². The van der Waals surface area contributed by atoms with E-state index in [2.05, 4.69) is 26.2 Å². The van der Waals surface area contributed by atoms with Gasteiger partial charge in [0.05, 0.1) is 10.9 Å². The second kappa shape index (κ2) is 6.09. The lowest BCUT2D eigenvalue weighted by atomic mass is 10.2. The molecule has 2 N–H and O–H groups in total. The number of hydrogen-bond acceptors (Lipinski definition) is 4. The third-order valence-corrected chi connectivity index (χ3v) is 6.25. The van der Waals surface area contributed by atoms with Gasteiger partial charge in [-0.3, -0.25) is 14.0 Å². The molecule has 24 heavy (non-hydrogen) atoms. The predicted molar refractivity (Wildman–Crippen MR) is 102 cm³/mol. The van der Waals surface area contributed by atoms with Crippen molar-refractivity contribution >= 4 is 61.9 Å². The first-order valence-corrected chi connectivity index (χ1v) is 9.74. The molecule has 0 spiro atoms. The van der Waals surface area contributed by atoms with E-state index in [9.17, 15) is 9.59 Å². The molecule has 1 aromatic carbocycles. The van der Waals surface area contributed by atoms with Crippen LogP contribution in [-0.4, -0.2) is 21.3 Å². The number of aromatic nitrogens is 2. The third kappa shape index (κ3) is 2.62. The molecule has 0 atom stereocenters. The van der Waals surface area contributed by atoms with Gasteiger partial charge in [-0.25, -0.2) is 0 Å². The minimum Gasteiger partial charge on any atom is -0.348 e. The van der Waals surface area contributed by atoms with Gasteiger partial charge in [0.15, 0.2) is 3.95 Å². The molecular weight excluding hydrogens is 410 g/mol. The first-order valence-electron chi connectivity index (χ1n) is 7.72. The number of H-pyrrole nitrogens is 1. The number of hydrogen-bond donors (Lipinski definition) is 2. The van der Waals surface area contributed by atoms with E-state index in [1.807, 2.05) is 12.1 Å². The largest absolute Gasteiger partial charge is 0.348 e. The van der Waals surface area contributed by atoms with Crippen molar-refractivity contribution in [1.29, 1.82) is 0 Å². The maximum Gasteiger partial charge on any atom is 0.265 e. The Morgan fingerprint density at radius 3 is 2.88 bits per heavy atom. The van der Waals surface area contributed by atoms with E-state index < -0.39 is 0 Å². The standard InChI is InChI=1S/C16H14BrN3O2S2/c17-8-5-6-11-10(7-8)14(21)19-13-12(24-16(23)20(11)13)15(22)18-9-3-1-2-4-9/h5-7,9H,1-4H2,(H,18,22)(H,19,21). The summed E-state index contributed by atoms with van der Waals surface area (Å²) in [7, 11) is 0. The molecule has 0 bridgehead atoms. The predicted octanol–water partition coefficient (Wildman–Crippen LogP) is 4.01. The first-order chi connectivity index (χ1) is 11.5. The number of benzene rings is 1. The molecule has 2 heterocycles. The van der Waals surface area contributed by atoms with E-state index in [1.165, 1.54) is 11.3 Å². The fourth-order valence-electron chi connectivity index (χ4n) is 3.24. The molecule has 1 saturated carbocycles. The summed E-state index contributed by atoms with van der Waals surface area (Å²) in [6.45, 7) is 0. The van der Waals surface area contributed by atoms with Crippen LogP contribution in [0.15, 0.2) is 27.5 Å². The van der Waals surface area contributed by atoms with Crippen LogP contribution < -0.4 is 10.9 Å². The lowest BCUT2D eigenvalue weighted by Crippen LogP contribution is -2.32. The molecule has 124 valence electrons. The smallest absolute Gasteiger partial charge is 0.265 e. The van der Waals surface area contributed by atoms with Gasteiger partial charge >= 0.3 is 0 Å². The summed E-state index contributed by atoms with van der Waals surface area (Å²) in [5, 5.41) is 3.60. The number of carbonyl (C=O) groups is 1. The van der Waals surface area contributed by atoms with Crippen LogP contribution >= 0.6 is 39.5 Å². The van der Waals surface area contributed by atoms with Gasteiger partial charge in [-0.2, -0.15) is 0 Å². The van der Waals surface area contributed by atoms with Crippen LogP contribution in [0, 0.1) is 3.95 Å². The Morgan fingerprint density at radius 1 is 1.38 bits per heavy atom. The van der Waals surface area contributed by atoms with Gasteiger partial charge in [-0.15, -0.1) is 0 Å². The number of nitrogens with zero attached hydrogens (tertiary/aromatic N) is 1. The molecule has 5 nitrogen and oxygen atoms in total. The van der Waals surface area contributed by atoms with E-state index in [1.54, 1.807) is 10.5 Å². The van der Waals surface area contributed by atoms with Crippen molar-refractivity contribution in [2.24, 2.45) is 0 Å². The van der Waals surface area contributed by atoms with Crippen molar-refractivity contribution in [3.8, 4) is 0 Å². The van der Waals surface area contributed by atoms with Gasteiger partial charge in [0.1, 0.15) is 10.5 Å². The zero-order valence-electron chi connectivity index (χ0n) is 12.6. The van der Waals surface area contributed by atoms with E-state index in [4.69, 9.17) is 12.2 Å². The zero-order chi connectivity index (χ0) is 16.8. The van der Waals surface area contributed by atoms with Gasteiger partial charge < -0.3 is 10.3 Å². The SMILES string of the molecule is O=C(NC1CCCC1)c1sc(=S)n2c1[nH]c(=O)c1cc(Br)ccc12. The highest BCUT2D eigenvalue weighted by Gasteiger charge is 2.22. The molecular formula is C16H14BrN3O2S2. The fourth-order valence-corrected chi connectivity index (χ4v) is 4.89. The van der Waals surface area contributed by atoms with Gasteiger partial charge in [-0.1, -0.05) is 40.1 Å². The monoisotopic (exact) mass is 423 g/mol. The van der Waals surface area contributed by atoms with Crippen molar-refractivity contribution in [3.05, 3.63) is 41.9 Å². The second-order valence-electron chi connectivity index (χ2n) is 5.95. The molecule has 8 heteroatoms. The molecule has 0 saturated heterocycles. The maximum absolute atomic E-state index is 12.6. The maximum atomic E-state index is 12.6. The number of aromatic amines is 1. The normalized spacial score (nSPS) is 15.4. The molecule has 1 fully saturated rings. The van der Waals surface area contributed by atoms with Crippen LogP contribution in [0.2, 0.25) is 0 Å². The van der Waals surface area contributed by atoms with Gasteiger partial charge in [-0.05, 0) is 43.3 Å². The summed E-state index contributed by atoms with van der Waals surface area (Å²) in [4.78, 5) is 28.4. The molecule has 0 unspecified atom stereocenters. The summed E-state index contributed by atoms with van der Waals surface area (Å²) in [6, 6.07) is 5.67. The van der Waals surface area contributed by atoms with Gasteiger partial charge in [0.25, 0.3) is 11.5 Å². The molecule has 0 aliphatic heterocycles. The van der Waals surface area contributed by atoms with E-state index in [0.29, 0.717) is 25.4 Å². The summed E-state index contributed by atoms with van der Waals surface area (Å²) in [5.41, 5.74) is 0.951. The topological polar surface area (TPSA) is 66.4 Å². The first kappa shape index (κ1) is 16.0. The highest BCUT2D eigenvalue weighted by atomic mass is 79.9. The average molecular weight is 424 g/mol. The van der Waals surface area contributed by atoms with Gasteiger partial charge in [0, 0.05) is 10.5 Å². The van der Waals surface area contributed by atoms with E-state index >= 15 is 0 Å². The average Bonchev–Trinajstić information content (AvgIpc) is 3.16. The van der Waals surface area contributed by atoms with Crippen LogP contribution in [-0.2, 0) is 0 Å². The summed E-state index contributed by atoms with van der Waals surface area (Å²) >= 11 is 10.1. The minimum absolute atomic E-state index is 0.160. The number of fused-ring (bicyclic) bond motifs is 3. The zero-order valence-corrected chi connectivity index (χ0v) is 15.8. The fraction of sp³-hybridized carbons (Fsp3) is 0.312. The Kier molecular flexibility index (Phi) is 4.06. The Balaban J connectivity index is 1.90. The Bertz CT molecular complexity index is 1080. The van der Waals surface area contributed by atoms with Crippen molar-refractivity contribution < 1.29 is 4.79 Å². The lowest BCUT2D eigenvalue weighted by Gasteiger charge is -2.10. The van der Waals surface area contributed by atoms with Crippen LogP contribution in [0.3, 0.4) is 0 Å². The number of amides is 1. The highest BCUT2D eigenvalue weighted by Crippen LogP contribution is 2.25. The summed E-state index contributed by atoms with van der Waals surface area (Å²) < 4.78 is 3.14. The molecule has 4 rings (SSSR count). The third-order valence-electron chi connectivity index (χ3n) is 4.38. The van der Waals surface area contributed by atoms with Crippen molar-refractivity contribution in [1.82, 2.24) is 14.7 Å². The molecule has 1 amide bonds. The van der Waals surface area contributed by atoms with Crippen LogP contribution in [0.25, 0.3) is 16.6 Å². The Morgan fingerprint density at radius 2 is 2.12 bits per heavy atom. The summed E-state index contributed by atoms with van der Waals surface area (Å²) in [6.07, 6.45) is 4.31. The molecule has 1 aliphatic carbocycles. The molecule has 2 aromatic heterocycles. The van der Waals surface area contributed by atoms with Crippen molar-refractivity contribution in [2.45, 2.75) is 31.7 Å². The minimum atomic E-state index is -0.228. The quantitative estimate of drug-likeness (QED) is 0.611. The molecule has 3 aromatic rings. The lowest BCUT2D eigenvalue weighted by molar-refractivity contribution is 0.0943. The van der Waals surface area contributed by atoms with Gasteiger partial charge in [0.2, 0.25) is 0 Å². The second-order valence-corrected chi connectivity index (χ2v) is 8.51. The Hall–Kier alpha value is -1.51. The number of nitrogens with one attached hydrogen (secondary N) is 2. The van der Waals surface area contributed by atoms with E-state index in [-0.39, 0.29) is 17.5 Å². The highest BCUT2D eigenvalue weighted by molar-refractivity contribution is 9.10. The summed E-state index contributed by atoms with van der Waals surface area (Å²) in [5.74, 6) is -0.160. The van der Waals surface area contributed by atoms with Crippen molar-refractivity contribution in [3.63, 3.8) is 0 Å². The number of rotatable bonds is 2. The van der Waals surface area contributed by atoms with E-state index in [0.717, 1.165) is 30.2 Å². The van der Waals surface area contributed by atoms with Crippen LogP contribution in [0.1, 0.15) is 35.4 Å². The number of halogens is 1. The Labute approximate surface area is 154 Å². The number of thiazole rings is 1.